The molecular formula is C8H7LiN2O2. The Morgan fingerprint density at radius 2 is 2.23 bits per heavy atom. The first-order chi connectivity index (χ1) is 5.76. The molecule has 1 aliphatic carbocycles. The van der Waals surface area contributed by atoms with Crippen molar-refractivity contribution >= 4 is 5.97 Å². The summed E-state index contributed by atoms with van der Waals surface area (Å²) < 4.78 is 0. The average Bonchev–Trinajstić information content (AvgIpc) is 2.86. The van der Waals surface area contributed by atoms with Gasteiger partial charge in [0.15, 0.2) is 0 Å². The van der Waals surface area contributed by atoms with Crippen molar-refractivity contribution in [3.63, 3.8) is 0 Å². The standard InChI is InChI=1S/C8H8N2O2.Li/c11-7(12)8(2-3-8)6-1-4-9-5-10-6;/h1,4-5H,2-3H2,(H,11,12);/q;+1/p-1. The van der Waals surface area contributed by atoms with Crippen molar-refractivity contribution in [1.82, 2.24) is 9.97 Å². The summed E-state index contributed by atoms with van der Waals surface area (Å²) in [5, 5.41) is 10.7. The molecule has 0 amide bonds. The van der Waals surface area contributed by atoms with E-state index in [4.69, 9.17) is 0 Å². The largest absolute Gasteiger partial charge is 1.00 e. The zero-order valence-electron chi connectivity index (χ0n) is 7.36. The van der Waals surface area contributed by atoms with Gasteiger partial charge in [0.2, 0.25) is 0 Å². The third-order valence-corrected chi connectivity index (χ3v) is 2.21. The van der Waals surface area contributed by atoms with Gasteiger partial charge in [-0.1, -0.05) is 0 Å². The molecule has 0 spiro atoms. The van der Waals surface area contributed by atoms with Gasteiger partial charge < -0.3 is 9.90 Å². The summed E-state index contributed by atoms with van der Waals surface area (Å²) >= 11 is 0. The van der Waals surface area contributed by atoms with Gasteiger partial charge in [-0.05, 0) is 18.9 Å². The van der Waals surface area contributed by atoms with Crippen LogP contribution in [-0.2, 0) is 10.2 Å². The molecule has 4 nitrogen and oxygen atoms in total. The van der Waals surface area contributed by atoms with Crippen LogP contribution >= 0.6 is 0 Å². The number of carbonyl (C=O) groups is 1. The first-order valence-corrected chi connectivity index (χ1v) is 3.74. The molecule has 62 valence electrons. The molecular weight excluding hydrogens is 163 g/mol. The van der Waals surface area contributed by atoms with Crippen molar-refractivity contribution in [2.45, 2.75) is 18.3 Å². The Morgan fingerprint density at radius 3 is 2.62 bits per heavy atom. The Balaban J connectivity index is 0.000000845. The normalized spacial score (nSPS) is 17.2. The predicted molar refractivity (Wildman–Crippen MR) is 38.0 cm³/mol. The van der Waals surface area contributed by atoms with E-state index in [0.29, 0.717) is 18.5 Å². The maximum atomic E-state index is 10.7. The smallest absolute Gasteiger partial charge is 0.549 e. The van der Waals surface area contributed by atoms with E-state index in [2.05, 4.69) is 9.97 Å². The summed E-state index contributed by atoms with van der Waals surface area (Å²) in [6, 6.07) is 1.63. The Labute approximate surface area is 87.6 Å². The molecule has 1 saturated carbocycles. The Morgan fingerprint density at radius 1 is 1.54 bits per heavy atom. The van der Waals surface area contributed by atoms with Crippen LogP contribution in [0.2, 0.25) is 0 Å². The van der Waals surface area contributed by atoms with Gasteiger partial charge in [-0.2, -0.15) is 0 Å². The van der Waals surface area contributed by atoms with E-state index in [1.54, 1.807) is 12.3 Å². The molecule has 0 bridgehead atoms. The molecule has 1 aromatic rings. The number of carboxylic acids is 1. The quantitative estimate of drug-likeness (QED) is 0.428. The van der Waals surface area contributed by atoms with E-state index in [9.17, 15) is 9.90 Å². The van der Waals surface area contributed by atoms with Crippen LogP contribution in [0.15, 0.2) is 18.6 Å². The molecule has 0 N–H and O–H groups in total. The van der Waals surface area contributed by atoms with E-state index in [0.717, 1.165) is 0 Å². The average molecular weight is 170 g/mol. The summed E-state index contributed by atoms with van der Waals surface area (Å²) in [5.41, 5.74) is -0.236. The van der Waals surface area contributed by atoms with E-state index in [1.165, 1.54) is 6.33 Å². The number of carboxylic acid groups (broad SMARTS) is 1. The minimum atomic E-state index is -1.03. The van der Waals surface area contributed by atoms with Crippen molar-refractivity contribution in [3.8, 4) is 0 Å². The topological polar surface area (TPSA) is 65.9 Å². The Bertz CT molecular complexity index is 311. The van der Waals surface area contributed by atoms with Crippen molar-refractivity contribution in [2.75, 3.05) is 0 Å². The van der Waals surface area contributed by atoms with Gasteiger partial charge >= 0.3 is 18.9 Å². The van der Waals surface area contributed by atoms with Gasteiger partial charge in [-0.15, -0.1) is 0 Å². The molecule has 0 saturated heterocycles. The molecule has 1 aromatic heterocycles. The first kappa shape index (κ1) is 10.2. The van der Waals surface area contributed by atoms with Crippen molar-refractivity contribution in [1.29, 1.82) is 0 Å². The van der Waals surface area contributed by atoms with Crippen LogP contribution in [0.25, 0.3) is 0 Å². The fraction of sp³-hybridized carbons (Fsp3) is 0.375. The number of rotatable bonds is 2. The van der Waals surface area contributed by atoms with Crippen LogP contribution in [0.5, 0.6) is 0 Å². The zero-order chi connectivity index (χ0) is 8.60. The Kier molecular flexibility index (Phi) is 2.74. The maximum Gasteiger partial charge on any atom is 1.00 e. The third kappa shape index (κ3) is 1.60. The van der Waals surface area contributed by atoms with Crippen LogP contribution in [0.3, 0.4) is 0 Å². The summed E-state index contributed by atoms with van der Waals surface area (Å²) in [4.78, 5) is 18.3. The molecule has 5 heteroatoms. The Hall–Kier alpha value is -0.853. The van der Waals surface area contributed by atoms with Crippen molar-refractivity contribution < 1.29 is 28.8 Å². The minimum Gasteiger partial charge on any atom is -0.549 e. The van der Waals surface area contributed by atoms with E-state index < -0.39 is 11.4 Å². The summed E-state index contributed by atoms with van der Waals surface area (Å²) in [6.45, 7) is 0. The molecule has 1 fully saturated rings. The molecule has 1 aliphatic rings. The molecule has 0 radical (unpaired) electrons. The second-order valence-corrected chi connectivity index (χ2v) is 2.96. The van der Waals surface area contributed by atoms with Crippen molar-refractivity contribution in [3.05, 3.63) is 24.3 Å². The first-order valence-electron chi connectivity index (χ1n) is 3.74. The molecule has 0 unspecified atom stereocenters. The van der Waals surface area contributed by atoms with E-state index in [1.807, 2.05) is 0 Å². The molecule has 1 heterocycles. The van der Waals surface area contributed by atoms with Crippen LogP contribution in [0, 0.1) is 0 Å². The molecule has 2 rings (SSSR count). The molecule has 0 atom stereocenters. The fourth-order valence-corrected chi connectivity index (χ4v) is 1.26. The second kappa shape index (κ2) is 3.49. The summed E-state index contributed by atoms with van der Waals surface area (Å²) in [5.74, 6) is -1.03. The third-order valence-electron chi connectivity index (χ3n) is 2.21. The fourth-order valence-electron chi connectivity index (χ4n) is 1.26. The molecule has 0 aliphatic heterocycles. The molecule has 0 aromatic carbocycles. The zero-order valence-corrected chi connectivity index (χ0v) is 7.36. The van der Waals surface area contributed by atoms with Gasteiger partial charge in [0.1, 0.15) is 6.33 Å². The van der Waals surface area contributed by atoms with Crippen LogP contribution in [-0.4, -0.2) is 15.9 Å². The maximum absolute atomic E-state index is 10.7. The number of nitrogens with zero attached hydrogens (tertiary/aromatic N) is 2. The molecule has 13 heavy (non-hydrogen) atoms. The van der Waals surface area contributed by atoms with Crippen LogP contribution < -0.4 is 24.0 Å². The van der Waals surface area contributed by atoms with Gasteiger partial charge in [0.25, 0.3) is 0 Å². The number of carbonyl (C=O) groups excluding carboxylic acids is 1. The van der Waals surface area contributed by atoms with E-state index in [-0.39, 0.29) is 18.9 Å². The number of hydrogen-bond acceptors (Lipinski definition) is 4. The monoisotopic (exact) mass is 170 g/mol. The number of aliphatic carboxylic acids is 1. The van der Waals surface area contributed by atoms with Crippen LogP contribution in [0.4, 0.5) is 0 Å². The summed E-state index contributed by atoms with van der Waals surface area (Å²) in [7, 11) is 0. The van der Waals surface area contributed by atoms with Crippen LogP contribution in [0.1, 0.15) is 18.5 Å². The minimum absolute atomic E-state index is 0. The predicted octanol–water partition coefficient (Wildman–Crippen LogP) is -3.74. The number of hydrogen-bond donors (Lipinski definition) is 0. The van der Waals surface area contributed by atoms with Crippen molar-refractivity contribution in [2.24, 2.45) is 0 Å². The second-order valence-electron chi connectivity index (χ2n) is 2.96. The van der Waals surface area contributed by atoms with Gasteiger partial charge in [0.05, 0.1) is 17.1 Å². The van der Waals surface area contributed by atoms with Gasteiger partial charge in [-0.25, -0.2) is 9.97 Å². The number of aromatic nitrogens is 2. The van der Waals surface area contributed by atoms with Gasteiger partial charge in [-0.3, -0.25) is 0 Å². The van der Waals surface area contributed by atoms with Gasteiger partial charge in [0, 0.05) is 6.20 Å². The SMILES string of the molecule is O=C([O-])C1(c2ccncn2)CC1.[Li+]. The van der Waals surface area contributed by atoms with E-state index >= 15 is 0 Å². The summed E-state index contributed by atoms with van der Waals surface area (Å²) in [6.07, 6.45) is 4.17.